The van der Waals surface area contributed by atoms with Crippen molar-refractivity contribution in [3.8, 4) is 6.07 Å². The second-order valence-corrected chi connectivity index (χ2v) is 32.2. The number of allylic oxidation sites excluding steroid dienone is 1. The normalized spacial score (nSPS) is 12.8. The zero-order chi connectivity index (χ0) is 101. The third-order valence-corrected chi connectivity index (χ3v) is 19.5. The summed E-state index contributed by atoms with van der Waals surface area (Å²) in [6.07, 6.45) is -18.1. The molecule has 722 valence electrons. The van der Waals surface area contributed by atoms with E-state index in [0.29, 0.717) is 81.3 Å². The van der Waals surface area contributed by atoms with Crippen LogP contribution in [0.4, 0.5) is 83.4 Å². The van der Waals surface area contributed by atoms with Crippen LogP contribution in [0.5, 0.6) is 0 Å². The van der Waals surface area contributed by atoms with Crippen molar-refractivity contribution in [1.82, 2.24) is 16.0 Å². The van der Waals surface area contributed by atoms with Crippen LogP contribution in [0.15, 0.2) is 177 Å². The highest BCUT2D eigenvalue weighted by Gasteiger charge is 2.44. The van der Waals surface area contributed by atoms with Crippen LogP contribution in [0.1, 0.15) is 239 Å². The average Bonchev–Trinajstić information content (AvgIpc) is 0.799. The number of nitrogens with two attached hydrogens (primary N) is 2. The largest absolute Gasteiger partial charge is 0.484 e. The van der Waals surface area contributed by atoms with Gasteiger partial charge in [0.15, 0.2) is 5.78 Å². The number of carboxylic acids is 1. The van der Waals surface area contributed by atoms with Crippen LogP contribution in [0.2, 0.25) is 0 Å². The second kappa shape index (κ2) is 57.6. The van der Waals surface area contributed by atoms with Crippen LogP contribution >= 0.6 is 59.4 Å². The van der Waals surface area contributed by atoms with E-state index in [2.05, 4.69) is 63.7 Å². The molecule has 7 rings (SSSR count). The molecular formula is C90H102BBr3ClF19N6O11. The number of hydrogen-bond donors (Lipinski definition) is 7. The van der Waals surface area contributed by atoms with Crippen LogP contribution < -0.4 is 27.4 Å². The van der Waals surface area contributed by atoms with Gasteiger partial charge in [0.05, 0.1) is 64.6 Å². The zero-order valence-corrected chi connectivity index (χ0v) is 77.9. The lowest BCUT2D eigenvalue weighted by molar-refractivity contribution is -0.156. The molecule has 6 atom stereocenters. The van der Waals surface area contributed by atoms with E-state index < -0.39 is 131 Å². The number of nitriles is 1. The Morgan fingerprint density at radius 1 is 0.511 bits per heavy atom. The highest BCUT2D eigenvalue weighted by atomic mass is 79.9. The summed E-state index contributed by atoms with van der Waals surface area (Å²) in [5, 5.41) is 34.2. The number of carbonyl (C=O) groups is 7. The number of ketones is 1. The van der Waals surface area contributed by atoms with Gasteiger partial charge in [0.25, 0.3) is 0 Å². The fourth-order valence-corrected chi connectivity index (χ4v) is 10.8. The second-order valence-electron chi connectivity index (χ2n) is 29.0. The molecule has 0 saturated carbocycles. The smallest absolute Gasteiger partial charge is 0.478 e. The first-order valence-corrected chi connectivity index (χ1v) is 41.6. The molecular weight excluding hydrogens is 1990 g/mol. The Labute approximate surface area is 778 Å². The molecule has 131 heavy (non-hydrogen) atoms. The van der Waals surface area contributed by atoms with Gasteiger partial charge in [0, 0.05) is 86.0 Å². The third kappa shape index (κ3) is 48.0. The van der Waals surface area contributed by atoms with E-state index in [1.807, 2.05) is 34.6 Å². The molecule has 0 heterocycles. The number of benzene rings is 7. The maximum atomic E-state index is 14.4. The Kier molecular flexibility index (Phi) is 54.2. The molecule has 0 spiro atoms. The minimum absolute atomic E-state index is 0. The van der Waals surface area contributed by atoms with Crippen molar-refractivity contribution in [2.75, 3.05) is 6.61 Å². The predicted molar refractivity (Wildman–Crippen MR) is 474 cm³/mol. The zero-order valence-electron chi connectivity index (χ0n) is 72.4. The number of amides is 3. The van der Waals surface area contributed by atoms with E-state index in [1.54, 1.807) is 92.6 Å². The first-order valence-electron chi connectivity index (χ1n) is 38.9. The molecule has 0 aliphatic rings. The van der Waals surface area contributed by atoms with Gasteiger partial charge in [0.2, 0.25) is 23.0 Å². The third-order valence-electron chi connectivity index (χ3n) is 17.8. The minimum atomic E-state index is -4.96. The Morgan fingerprint density at radius 3 is 1.22 bits per heavy atom. The van der Waals surface area contributed by atoms with Gasteiger partial charge in [-0.05, 0) is 179 Å². The lowest BCUT2D eigenvalue weighted by Gasteiger charge is -2.39. The molecule has 0 aliphatic heterocycles. The molecule has 0 aromatic heterocycles. The Balaban J connectivity index is 0. The minimum Gasteiger partial charge on any atom is -0.478 e. The topological polar surface area (TPSA) is 290 Å². The predicted octanol–water partition coefficient (Wildman–Crippen LogP) is 25.4. The number of nitrogens with one attached hydrogen (secondary N) is 3. The number of aliphatic carboxylic acids is 1. The number of carbonyl (C=O) groups excluding carboxylic acids is 6. The summed E-state index contributed by atoms with van der Waals surface area (Å²) >= 11 is 14.1. The molecule has 41 heteroatoms. The van der Waals surface area contributed by atoms with Crippen molar-refractivity contribution >= 4 is 119 Å². The molecule has 17 nitrogen and oxygen atoms in total. The van der Waals surface area contributed by atoms with E-state index in [-0.39, 0.29) is 82.6 Å². The molecule has 0 saturated heterocycles. The molecule has 7 aromatic carbocycles. The van der Waals surface area contributed by atoms with Crippen LogP contribution in [-0.2, 0) is 61.5 Å². The number of hydrogen-bond acceptors (Lipinski definition) is 13. The van der Waals surface area contributed by atoms with Crippen molar-refractivity contribution in [3.05, 3.63) is 267 Å². The highest BCUT2D eigenvalue weighted by molar-refractivity contribution is 9.11. The fourth-order valence-electron chi connectivity index (χ4n) is 9.78. The van der Waals surface area contributed by atoms with Crippen LogP contribution in [0, 0.1) is 40.0 Å². The number of alkyl halides is 15. The van der Waals surface area contributed by atoms with Crippen molar-refractivity contribution < 1.29 is 137 Å². The maximum Gasteiger partial charge on any atom is 0.484 e. The molecule has 3 amide bonds. The maximum absolute atomic E-state index is 14.4. The Morgan fingerprint density at radius 2 is 0.885 bits per heavy atom. The SMILES string of the molecule is C.CC(N)c1ccc(Br)cc1F.CCC(=O)Cl.CCC(=O)NC(C)c1ccc(/C=C/C(=O)CC(c2cccc(C(F)(F)F)c2)C(F)(F)F)cc1F.CCC(=O)NC(C)c1ccc(/C=C/C(=O)O)cc1F.CCC(=O)NC(C)c1ccc(Br)cc1F.CCOC(=O)/C=C/B(O)OC(C)(C)C(C)(C)C.N#Cc1ccc(Br)cc1C(F)(F)F.NC(c1cccc(C(F)(F)F)c1)C(F)(F)F. The van der Waals surface area contributed by atoms with Gasteiger partial charge in [-0.3, -0.25) is 24.0 Å². The summed E-state index contributed by atoms with van der Waals surface area (Å²) in [6, 6.07) is 24.5. The lowest BCUT2D eigenvalue weighted by Crippen LogP contribution is -2.43. The van der Waals surface area contributed by atoms with Gasteiger partial charge >= 0.3 is 49.9 Å². The number of halogens is 23. The molecule has 0 bridgehead atoms. The fraction of sp³-hybridized carbons (Fsp3) is 0.378. The number of nitrogens with zero attached hydrogens (tertiary/aromatic N) is 1. The van der Waals surface area contributed by atoms with Crippen molar-refractivity contribution in [2.24, 2.45) is 16.9 Å². The summed E-state index contributed by atoms with van der Waals surface area (Å²) in [7, 11) is -1.12. The monoisotopic (exact) mass is 2090 g/mol. The van der Waals surface area contributed by atoms with Crippen molar-refractivity contribution in [1.29, 1.82) is 5.26 Å². The van der Waals surface area contributed by atoms with Crippen molar-refractivity contribution in [2.45, 2.75) is 209 Å². The molecule has 0 fully saturated rings. The van der Waals surface area contributed by atoms with Gasteiger partial charge in [0.1, 0.15) is 29.3 Å². The highest BCUT2D eigenvalue weighted by Crippen LogP contribution is 2.42. The van der Waals surface area contributed by atoms with E-state index >= 15 is 0 Å². The van der Waals surface area contributed by atoms with Gasteiger partial charge in [-0.15, -0.1) is 0 Å². The average molecular weight is 2090 g/mol. The molecule has 7 aromatic rings. The molecule has 9 N–H and O–H groups in total. The van der Waals surface area contributed by atoms with Gasteiger partial charge in [-0.25, -0.2) is 27.2 Å². The van der Waals surface area contributed by atoms with E-state index in [0.717, 1.165) is 65.2 Å². The Bertz CT molecular complexity index is 4980. The van der Waals surface area contributed by atoms with E-state index in [9.17, 15) is 122 Å². The van der Waals surface area contributed by atoms with Gasteiger partial charge in [-0.1, -0.05) is 176 Å². The number of ether oxygens (including phenoxy) is 1. The number of rotatable bonds is 24. The van der Waals surface area contributed by atoms with Crippen molar-refractivity contribution in [3.63, 3.8) is 0 Å². The Hall–Kier alpha value is -9.76. The molecule has 0 radical (unpaired) electrons. The van der Waals surface area contributed by atoms with Crippen LogP contribution in [0.25, 0.3) is 12.2 Å². The van der Waals surface area contributed by atoms with E-state index in [1.165, 1.54) is 66.7 Å². The number of esters is 1. The van der Waals surface area contributed by atoms with Crippen LogP contribution in [0.3, 0.4) is 0 Å². The summed E-state index contributed by atoms with van der Waals surface area (Å²) < 4.78 is 256. The summed E-state index contributed by atoms with van der Waals surface area (Å²) in [6.45, 7) is 25.5. The van der Waals surface area contributed by atoms with Crippen LogP contribution in [-0.4, -0.2) is 82.5 Å². The first kappa shape index (κ1) is 123. The standard InChI is InChI=1S/C24H22F7NO2.C14H16FNO3.C12H23BO4.C11H13BrFNO.C9H7F6N.C8H3BrF3N.C8H9BrFN.C3H5ClO.CH4/c1-3-22(34)32-14(2)19-10-8-15(11-21(19)25)7-9-18(33)13-20(24(29,30)31)16-5-4-6-17(12-16)23(26,27)28;1-3-13(17)16-9(2)11-6-4-10(8-12(11)15)5-7-14(18)19;1-7-16-10(14)8-9-13(15)17-12(5,6)11(2,3)4;1-3-11(15)14-7(2)9-5-4-8(12)6-10(9)13;10-8(11,12)6-3-1-2-5(4-6)7(16)9(13,14)15;9-6-2-1-5(4-13)7(3-6)8(10,11)12;1-5(11)7-3-2-6(9)4-8(7)10;1-2-3(4)5;/h4-12,14,20H,3,13H2,1-2H3,(H,32,34);4-9H,3H2,1-2H3,(H,16,17)(H,18,19);8-9,15H,7H2,1-6H3;4-7H,3H2,1-2H3,(H,14,15);1-4,7H,16H2;1-3H;2-5H,11H2,1H3;2H2,1H3;1H4/b9-7+;7-5+;9-8+;;;;;;. The lowest BCUT2D eigenvalue weighted by atomic mass is 9.76. The first-order chi connectivity index (χ1) is 59.7. The summed E-state index contributed by atoms with van der Waals surface area (Å²) in [5.41, 5.74) is 6.96. The summed E-state index contributed by atoms with van der Waals surface area (Å²) in [5.74, 6) is -5.95. The molecule has 0 aliphatic carbocycles. The summed E-state index contributed by atoms with van der Waals surface area (Å²) in [4.78, 5) is 77.0. The van der Waals surface area contributed by atoms with Gasteiger partial charge < -0.3 is 46.9 Å². The number of carboxylic acid groups (broad SMARTS) is 1. The quantitative estimate of drug-likeness (QED) is 0.00974. The molecule has 6 unspecified atom stereocenters. The van der Waals surface area contributed by atoms with Gasteiger partial charge in [-0.2, -0.15) is 71.1 Å². The van der Waals surface area contributed by atoms with E-state index in [4.69, 9.17) is 42.8 Å².